The lowest BCUT2D eigenvalue weighted by Crippen LogP contribution is -2.43. The second-order valence-corrected chi connectivity index (χ2v) is 36.8. The second kappa shape index (κ2) is 33.1. The highest BCUT2D eigenvalue weighted by molar-refractivity contribution is 7.71. The Morgan fingerprint density at radius 2 is 0.627 bits per heavy atom. The molecule has 0 bridgehead atoms. The Bertz CT molecular complexity index is 5130. The van der Waals surface area contributed by atoms with E-state index in [1.54, 1.807) is 76.6 Å². The van der Waals surface area contributed by atoms with Crippen molar-refractivity contribution < 1.29 is 90.8 Å². The summed E-state index contributed by atoms with van der Waals surface area (Å²) in [6.45, 7) is 13.5. The number of rotatable bonds is 15. The van der Waals surface area contributed by atoms with Crippen molar-refractivity contribution in [3.8, 4) is 33.4 Å². The number of carbonyl (C=O) groups is 6. The molecule has 576 valence electrons. The van der Waals surface area contributed by atoms with Crippen LogP contribution < -0.4 is 62.5 Å². The van der Waals surface area contributed by atoms with Crippen LogP contribution in [0.15, 0.2) is 152 Å². The van der Waals surface area contributed by atoms with Crippen LogP contribution in [-0.2, 0) is 28.1 Å². The van der Waals surface area contributed by atoms with E-state index in [0.29, 0.717) is 27.6 Å². The van der Waals surface area contributed by atoms with Crippen molar-refractivity contribution in [2.24, 2.45) is 0 Å². The number of nitrogens with one attached hydrogen (secondary N) is 6. The lowest BCUT2D eigenvalue weighted by atomic mass is 10.0. The minimum atomic E-state index is -3.19. The van der Waals surface area contributed by atoms with Crippen molar-refractivity contribution in [1.29, 1.82) is 0 Å². The normalized spacial score (nSPS) is 15.7. The average Bonchev–Trinajstić information content (AvgIpc) is 1.16. The van der Waals surface area contributed by atoms with E-state index in [2.05, 4.69) is 31.9 Å². The molecule has 0 aliphatic carbocycles. The quantitative estimate of drug-likeness (QED) is 0.0422. The second-order valence-electron chi connectivity index (χ2n) is 27.4. The van der Waals surface area contributed by atoms with Gasteiger partial charge in [-0.25, -0.2) is 62.7 Å². The molecule has 3 heterocycles. The van der Waals surface area contributed by atoms with Gasteiger partial charge in [0.1, 0.15) is 68.6 Å². The van der Waals surface area contributed by atoms with Crippen molar-refractivity contribution in [2.45, 2.75) is 58.2 Å². The Labute approximate surface area is 625 Å². The van der Waals surface area contributed by atoms with Gasteiger partial charge in [0.15, 0.2) is 34.9 Å². The maximum Gasteiger partial charge on any atom is 0.319 e. The standard InChI is InChI=1S/2C26H24F4N3O3P.C26H25F3N3O3P/c2*1-14-7-9-19(18(28)13-14)31-26(35)32-20-11-12-33(25(20)34)21-10-8-15(22(29)23(21)30)16-5-4-6-17(27)24(16)37(2,3)36;1-15-8-10-19(18(27)14-15)30-26(34)31-20-12-13-32(25(20)33)21-11-9-17(23(28)24(21)29)16-6-4-5-7-22(16)36(2,3)35/h2*4-10,13,20H,11-12H2,1-3H3,(H2,31,32,35);4-11,14,20H,12-13H2,1-3H3,(H2,30,31,34)/t3*20-/m111/s1. The minimum Gasteiger partial charge on any atom is -0.326 e. The molecule has 18 nitrogen and oxygen atoms in total. The van der Waals surface area contributed by atoms with Crippen LogP contribution >= 0.6 is 21.4 Å². The van der Waals surface area contributed by atoms with E-state index >= 15 is 26.3 Å². The van der Waals surface area contributed by atoms with Gasteiger partial charge in [-0.3, -0.25) is 14.4 Å². The predicted molar refractivity (Wildman–Crippen MR) is 405 cm³/mol. The molecule has 6 N–H and O–H groups in total. The number of hydrogen-bond acceptors (Lipinski definition) is 9. The maximum absolute atomic E-state index is 15.2. The monoisotopic (exact) mass is 1580 g/mol. The van der Waals surface area contributed by atoms with E-state index in [-0.39, 0.29) is 111 Å². The van der Waals surface area contributed by atoms with Crippen molar-refractivity contribution in [3.05, 3.63) is 232 Å². The van der Waals surface area contributed by atoms with Gasteiger partial charge in [0, 0.05) is 41.6 Å². The number of halogens is 11. The van der Waals surface area contributed by atoms with E-state index in [1.165, 1.54) is 124 Å². The number of carbonyl (C=O) groups excluding carboxylic acids is 6. The van der Waals surface area contributed by atoms with Gasteiger partial charge >= 0.3 is 18.1 Å². The smallest absolute Gasteiger partial charge is 0.319 e. The molecule has 32 heteroatoms. The molecule has 9 aromatic carbocycles. The molecule has 12 rings (SSSR count). The minimum absolute atomic E-state index is 0.0112. The number of hydrogen-bond donors (Lipinski definition) is 6. The third-order valence-electron chi connectivity index (χ3n) is 18.1. The highest BCUT2D eigenvalue weighted by atomic mass is 31.2. The summed E-state index contributed by atoms with van der Waals surface area (Å²) in [5.74, 6) is -13.2. The fraction of sp³-hybridized carbons (Fsp3) is 0.231. The Morgan fingerprint density at radius 3 is 0.918 bits per heavy atom. The molecule has 110 heavy (non-hydrogen) atoms. The molecule has 9 aromatic rings. The molecule has 0 spiro atoms. The van der Waals surface area contributed by atoms with Crippen LogP contribution in [0, 0.1) is 84.8 Å². The van der Waals surface area contributed by atoms with Gasteiger partial charge in [0.05, 0.1) is 44.7 Å². The van der Waals surface area contributed by atoms with Crippen LogP contribution in [0.25, 0.3) is 33.4 Å². The van der Waals surface area contributed by atoms with E-state index < -0.39 is 139 Å². The van der Waals surface area contributed by atoms with Crippen molar-refractivity contribution in [3.63, 3.8) is 0 Å². The summed E-state index contributed by atoms with van der Waals surface area (Å²) < 4.78 is 200. The topological polar surface area (TPSA) is 236 Å². The summed E-state index contributed by atoms with van der Waals surface area (Å²) in [4.78, 5) is 78.7. The lowest BCUT2D eigenvalue weighted by molar-refractivity contribution is -0.119. The molecule has 0 radical (unpaired) electrons. The maximum atomic E-state index is 15.2. The molecule has 3 aliphatic heterocycles. The molecule has 3 atom stereocenters. The zero-order chi connectivity index (χ0) is 80.3. The molecule has 0 unspecified atom stereocenters. The van der Waals surface area contributed by atoms with Gasteiger partial charge < -0.3 is 60.3 Å². The van der Waals surface area contributed by atoms with Crippen LogP contribution in [-0.4, -0.2) is 114 Å². The predicted octanol–water partition coefficient (Wildman–Crippen LogP) is 16.0. The van der Waals surface area contributed by atoms with Gasteiger partial charge in [-0.15, -0.1) is 0 Å². The van der Waals surface area contributed by atoms with Gasteiger partial charge in [0.2, 0.25) is 17.7 Å². The van der Waals surface area contributed by atoms with E-state index in [9.17, 15) is 64.4 Å². The Balaban J connectivity index is 0.000000176. The average molecular weight is 1580 g/mol. The van der Waals surface area contributed by atoms with Crippen molar-refractivity contribution in [1.82, 2.24) is 16.0 Å². The fourth-order valence-corrected chi connectivity index (χ4v) is 16.8. The summed E-state index contributed by atoms with van der Waals surface area (Å²) in [6, 6.07) is 28.7. The molecular formula is C78H73F11N9O9P3. The number of benzene rings is 9. The Kier molecular flexibility index (Phi) is 24.6. The zero-order valence-corrected chi connectivity index (χ0v) is 63.1. The van der Waals surface area contributed by atoms with Crippen LogP contribution in [0.2, 0.25) is 0 Å². The first-order valence-electron chi connectivity index (χ1n) is 34.0. The number of anilines is 6. The van der Waals surface area contributed by atoms with Gasteiger partial charge in [0.25, 0.3) is 0 Å². The summed E-state index contributed by atoms with van der Waals surface area (Å²) in [6.07, 6.45) is 0.367. The summed E-state index contributed by atoms with van der Waals surface area (Å²) >= 11 is 0. The van der Waals surface area contributed by atoms with Crippen molar-refractivity contribution in [2.75, 3.05) is 90.3 Å². The first-order valence-corrected chi connectivity index (χ1v) is 41.8. The Hall–Kier alpha value is -10.9. The number of aryl methyl sites for hydroxylation is 3. The van der Waals surface area contributed by atoms with Crippen LogP contribution in [0.3, 0.4) is 0 Å². The molecule has 3 fully saturated rings. The number of nitrogens with zero attached hydrogens (tertiary/aromatic N) is 3. The largest absolute Gasteiger partial charge is 0.326 e. The Morgan fingerprint density at radius 1 is 0.336 bits per heavy atom. The molecular weight excluding hydrogens is 1510 g/mol. The van der Waals surface area contributed by atoms with Crippen LogP contribution in [0.1, 0.15) is 36.0 Å². The van der Waals surface area contributed by atoms with E-state index in [4.69, 9.17) is 0 Å². The fourth-order valence-electron chi connectivity index (χ4n) is 12.9. The highest BCUT2D eigenvalue weighted by Gasteiger charge is 2.40. The summed E-state index contributed by atoms with van der Waals surface area (Å²) in [5, 5.41) is 14.3. The summed E-state index contributed by atoms with van der Waals surface area (Å²) in [5.41, 5.74) is 0.452. The van der Waals surface area contributed by atoms with Gasteiger partial charge in [-0.2, -0.15) is 0 Å². The molecule has 0 aromatic heterocycles. The first-order chi connectivity index (χ1) is 51.7. The van der Waals surface area contributed by atoms with Crippen LogP contribution in [0.4, 0.5) is 96.8 Å². The first kappa shape index (κ1) is 81.6. The van der Waals surface area contributed by atoms with E-state index in [1.807, 2.05) is 0 Å². The molecule has 9 amide bonds. The van der Waals surface area contributed by atoms with Gasteiger partial charge in [-0.1, -0.05) is 66.7 Å². The molecule has 3 saturated heterocycles. The molecule has 0 saturated carbocycles. The SMILES string of the molecule is Cc1ccc(NC(=O)N[C@@H]2CCN(c3ccc(-c4cccc(F)c4P(C)(C)=O)c(F)c3F)C2=O)c(F)c1.Cc1ccc(NC(=O)N[C@@H]2CCN(c3ccc(-c4cccc(F)c4P(C)(C)=O)c(F)c3F)C2=O)c(F)c1.Cc1ccc(NC(=O)N[C@@H]2CCN(c3ccc(-c4ccccc4P(C)(C)=O)c(F)c3F)C2=O)c(F)c1. The van der Waals surface area contributed by atoms with Crippen LogP contribution in [0.5, 0.6) is 0 Å². The highest BCUT2D eigenvalue weighted by Crippen LogP contribution is 2.45. The van der Waals surface area contributed by atoms with Crippen molar-refractivity contribution >= 4 is 107 Å². The van der Waals surface area contributed by atoms with E-state index in [0.717, 1.165) is 26.8 Å². The van der Waals surface area contributed by atoms with Gasteiger partial charge in [-0.05, 0) is 198 Å². The lowest BCUT2D eigenvalue weighted by Gasteiger charge is -2.20. The zero-order valence-electron chi connectivity index (χ0n) is 60.4. The third kappa shape index (κ3) is 18.0. The third-order valence-corrected chi connectivity index (χ3v) is 22.7. The summed E-state index contributed by atoms with van der Waals surface area (Å²) in [7, 11) is -9.15. The number of amides is 9. The molecule has 3 aliphatic rings. The number of urea groups is 3.